The van der Waals surface area contributed by atoms with Gasteiger partial charge in [-0.1, -0.05) is 44.1 Å². The van der Waals surface area contributed by atoms with Crippen LogP contribution in [-0.4, -0.2) is 32.0 Å². The summed E-state index contributed by atoms with van der Waals surface area (Å²) in [5.41, 5.74) is 5.96. The zero-order valence-electron chi connectivity index (χ0n) is 14.9. The molecule has 0 bridgehead atoms. The molecule has 2 rings (SSSR count). The molecule has 1 aromatic carbocycles. The number of amides is 3. The molecule has 0 aliphatic rings. The van der Waals surface area contributed by atoms with Crippen molar-refractivity contribution < 1.29 is 9.59 Å². The molecular weight excluding hydrogens is 374 g/mol. The Kier molecular flexibility index (Phi) is 7.05. The van der Waals surface area contributed by atoms with Gasteiger partial charge in [0.1, 0.15) is 0 Å². The number of carbonyl (C=O) groups is 2. The summed E-state index contributed by atoms with van der Waals surface area (Å²) in [6.45, 7) is 6.56. The number of urea groups is 1. The van der Waals surface area contributed by atoms with Gasteiger partial charge in [-0.05, 0) is 36.6 Å². The predicted octanol–water partition coefficient (Wildman–Crippen LogP) is 3.32. The van der Waals surface area contributed by atoms with Crippen LogP contribution in [0.3, 0.4) is 0 Å². The molecule has 0 aliphatic carbocycles. The summed E-state index contributed by atoms with van der Waals surface area (Å²) in [5, 5.41) is 11.5. The van der Waals surface area contributed by atoms with Crippen LogP contribution in [0.2, 0.25) is 5.02 Å². The Bertz CT molecular complexity index is 776. The van der Waals surface area contributed by atoms with Gasteiger partial charge in [-0.3, -0.25) is 10.1 Å². The molecule has 0 fully saturated rings. The van der Waals surface area contributed by atoms with Crippen LogP contribution < -0.4 is 11.1 Å². The average molecular weight is 396 g/mol. The highest BCUT2D eigenvalue weighted by Crippen LogP contribution is 2.30. The lowest BCUT2D eigenvalue weighted by atomic mass is 10.1. The maximum atomic E-state index is 12.3. The molecule has 1 atom stereocenters. The zero-order valence-corrected chi connectivity index (χ0v) is 16.5. The molecule has 7 nitrogen and oxygen atoms in total. The maximum absolute atomic E-state index is 12.3. The molecule has 0 aliphatic heterocycles. The Morgan fingerprint density at radius 1 is 1.27 bits per heavy atom. The van der Waals surface area contributed by atoms with Crippen LogP contribution in [0.1, 0.15) is 27.2 Å². The highest BCUT2D eigenvalue weighted by molar-refractivity contribution is 8.00. The number of primary amides is 1. The Morgan fingerprint density at radius 3 is 2.46 bits per heavy atom. The van der Waals surface area contributed by atoms with Crippen molar-refractivity contribution in [3.05, 3.63) is 29.3 Å². The quantitative estimate of drug-likeness (QED) is 0.700. The Balaban J connectivity index is 2.34. The fraction of sp³-hybridized carbons (Fsp3) is 0.412. The van der Waals surface area contributed by atoms with Crippen molar-refractivity contribution in [3.8, 4) is 11.4 Å². The van der Waals surface area contributed by atoms with Gasteiger partial charge in [-0.2, -0.15) is 0 Å². The van der Waals surface area contributed by atoms with Gasteiger partial charge < -0.3 is 10.3 Å². The van der Waals surface area contributed by atoms with Crippen molar-refractivity contribution in [3.63, 3.8) is 0 Å². The molecule has 0 saturated carbocycles. The van der Waals surface area contributed by atoms with Crippen molar-refractivity contribution in [2.24, 2.45) is 11.7 Å². The highest BCUT2D eigenvalue weighted by atomic mass is 35.5. The van der Waals surface area contributed by atoms with E-state index in [1.807, 2.05) is 30.5 Å². The van der Waals surface area contributed by atoms with Gasteiger partial charge in [0.15, 0.2) is 11.0 Å². The molecule has 0 spiro atoms. The van der Waals surface area contributed by atoms with Crippen LogP contribution in [0.4, 0.5) is 4.79 Å². The first-order valence-corrected chi connectivity index (χ1v) is 9.55. The predicted molar refractivity (Wildman–Crippen MR) is 103 cm³/mol. The normalized spacial score (nSPS) is 12.2. The monoisotopic (exact) mass is 395 g/mol. The van der Waals surface area contributed by atoms with Crippen molar-refractivity contribution in [2.45, 2.75) is 44.1 Å². The third-order valence-electron chi connectivity index (χ3n) is 3.61. The SMILES string of the molecule is CCCn1c(SC(C(=O)NC(N)=O)C(C)C)nnc1-c1ccc(Cl)cc1. The van der Waals surface area contributed by atoms with Gasteiger partial charge in [0.2, 0.25) is 5.91 Å². The summed E-state index contributed by atoms with van der Waals surface area (Å²) in [5.74, 6) is 0.255. The largest absolute Gasteiger partial charge is 0.351 e. The summed E-state index contributed by atoms with van der Waals surface area (Å²) >= 11 is 7.23. The van der Waals surface area contributed by atoms with Gasteiger partial charge in [0.25, 0.3) is 0 Å². The lowest BCUT2D eigenvalue weighted by Crippen LogP contribution is -2.42. The molecule has 140 valence electrons. The topological polar surface area (TPSA) is 103 Å². The average Bonchev–Trinajstić information content (AvgIpc) is 2.95. The first kappa shape index (κ1) is 20.3. The van der Waals surface area contributed by atoms with Crippen LogP contribution in [-0.2, 0) is 11.3 Å². The number of carbonyl (C=O) groups excluding carboxylic acids is 2. The molecule has 1 unspecified atom stereocenters. The second-order valence-corrected chi connectivity index (χ2v) is 7.65. The summed E-state index contributed by atoms with van der Waals surface area (Å²) in [6.07, 6.45) is 0.881. The van der Waals surface area contributed by atoms with Crippen LogP contribution in [0.15, 0.2) is 29.4 Å². The van der Waals surface area contributed by atoms with Gasteiger partial charge in [0, 0.05) is 17.1 Å². The lowest BCUT2D eigenvalue weighted by molar-refractivity contribution is -0.120. The number of imide groups is 1. The van der Waals surface area contributed by atoms with E-state index in [-0.39, 0.29) is 5.92 Å². The fourth-order valence-corrected chi connectivity index (χ4v) is 3.60. The van der Waals surface area contributed by atoms with Crippen LogP contribution >= 0.6 is 23.4 Å². The summed E-state index contributed by atoms with van der Waals surface area (Å²) < 4.78 is 1.97. The Morgan fingerprint density at radius 2 is 1.92 bits per heavy atom. The number of aromatic nitrogens is 3. The van der Waals surface area contributed by atoms with Crippen molar-refractivity contribution in [1.29, 1.82) is 0 Å². The van der Waals surface area contributed by atoms with Crippen LogP contribution in [0, 0.1) is 5.92 Å². The molecule has 3 amide bonds. The van der Waals surface area contributed by atoms with Gasteiger partial charge >= 0.3 is 6.03 Å². The van der Waals surface area contributed by atoms with E-state index in [1.165, 1.54) is 11.8 Å². The molecule has 0 saturated heterocycles. The van der Waals surface area contributed by atoms with E-state index in [4.69, 9.17) is 17.3 Å². The minimum absolute atomic E-state index is 0.0230. The standard InChI is InChI=1S/C17H22ClN5O2S/c1-4-9-23-14(11-5-7-12(18)8-6-11)21-22-17(23)26-13(10(2)3)15(24)20-16(19)25/h5-8,10,13H,4,9H2,1-3H3,(H3,19,20,24,25). The minimum Gasteiger partial charge on any atom is -0.351 e. The molecular formula is C17H22ClN5O2S. The van der Waals surface area contributed by atoms with Gasteiger partial charge in [-0.15, -0.1) is 10.2 Å². The van der Waals surface area contributed by atoms with Crippen molar-refractivity contribution >= 4 is 35.3 Å². The first-order valence-electron chi connectivity index (χ1n) is 8.29. The second-order valence-electron chi connectivity index (χ2n) is 6.10. The van der Waals surface area contributed by atoms with Crippen molar-refractivity contribution in [2.75, 3.05) is 0 Å². The number of nitrogens with one attached hydrogen (secondary N) is 1. The maximum Gasteiger partial charge on any atom is 0.318 e. The summed E-state index contributed by atoms with van der Waals surface area (Å²) in [6, 6.07) is 6.50. The van der Waals surface area contributed by atoms with Crippen molar-refractivity contribution in [1.82, 2.24) is 20.1 Å². The van der Waals surface area contributed by atoms with Crippen LogP contribution in [0.5, 0.6) is 0 Å². The number of halogens is 1. The van der Waals surface area contributed by atoms with Gasteiger partial charge in [0.05, 0.1) is 5.25 Å². The number of hydrogen-bond acceptors (Lipinski definition) is 5. The molecule has 2 aromatic rings. The molecule has 0 radical (unpaired) electrons. The molecule has 26 heavy (non-hydrogen) atoms. The smallest absolute Gasteiger partial charge is 0.318 e. The third kappa shape index (κ3) is 4.98. The van der Waals surface area contributed by atoms with E-state index in [9.17, 15) is 9.59 Å². The zero-order chi connectivity index (χ0) is 19.3. The molecule has 3 N–H and O–H groups in total. The Labute approximate surface area is 161 Å². The number of nitrogens with two attached hydrogens (primary N) is 1. The van der Waals surface area contributed by atoms with E-state index >= 15 is 0 Å². The number of thioether (sulfide) groups is 1. The fourth-order valence-electron chi connectivity index (χ4n) is 2.41. The summed E-state index contributed by atoms with van der Waals surface area (Å²) in [4.78, 5) is 23.3. The molecule has 9 heteroatoms. The highest BCUT2D eigenvalue weighted by Gasteiger charge is 2.27. The summed E-state index contributed by atoms with van der Waals surface area (Å²) in [7, 11) is 0. The van der Waals surface area contributed by atoms with Crippen LogP contribution in [0.25, 0.3) is 11.4 Å². The van der Waals surface area contributed by atoms with Gasteiger partial charge in [-0.25, -0.2) is 4.79 Å². The lowest BCUT2D eigenvalue weighted by Gasteiger charge is -2.19. The number of benzene rings is 1. The minimum atomic E-state index is -0.863. The third-order valence-corrected chi connectivity index (χ3v) is 5.39. The Hall–Kier alpha value is -2.06. The van der Waals surface area contributed by atoms with E-state index in [0.717, 1.165) is 12.0 Å². The first-order chi connectivity index (χ1) is 12.3. The number of rotatable bonds is 7. The van der Waals surface area contributed by atoms with E-state index in [0.29, 0.717) is 22.5 Å². The van der Waals surface area contributed by atoms with E-state index in [2.05, 4.69) is 22.4 Å². The van der Waals surface area contributed by atoms with E-state index < -0.39 is 17.2 Å². The van der Waals surface area contributed by atoms with E-state index in [1.54, 1.807) is 12.1 Å². The molecule has 1 aromatic heterocycles. The number of hydrogen-bond donors (Lipinski definition) is 2. The number of nitrogens with zero attached hydrogens (tertiary/aromatic N) is 3. The molecule has 1 heterocycles. The second kappa shape index (κ2) is 9.05.